The van der Waals surface area contributed by atoms with Crippen molar-refractivity contribution in [3.05, 3.63) is 10.9 Å². The van der Waals surface area contributed by atoms with E-state index in [1.807, 2.05) is 11.3 Å². The molecule has 0 radical (unpaired) electrons. The fourth-order valence-corrected chi connectivity index (χ4v) is 4.92. The summed E-state index contributed by atoms with van der Waals surface area (Å²) >= 11 is 3.53. The van der Waals surface area contributed by atoms with Gasteiger partial charge in [0.05, 0.1) is 4.88 Å². The van der Waals surface area contributed by atoms with Crippen LogP contribution < -0.4 is 9.55 Å². The fraction of sp³-hybridized carbons (Fsp3) is 0.500. The summed E-state index contributed by atoms with van der Waals surface area (Å²) in [5, 5.41) is 1.29. The Morgan fingerprint density at radius 2 is 2.00 bits per heavy atom. The summed E-state index contributed by atoms with van der Waals surface area (Å²) in [4.78, 5) is 13.6. The van der Waals surface area contributed by atoms with Gasteiger partial charge in [-0.3, -0.25) is 4.79 Å². The Hall–Kier alpha value is -0.540. The van der Waals surface area contributed by atoms with Crippen LogP contribution in [0.1, 0.15) is 49.2 Å². The van der Waals surface area contributed by atoms with Gasteiger partial charge in [-0.15, -0.1) is 11.3 Å². The molecule has 0 saturated carbocycles. The van der Waals surface area contributed by atoms with Crippen molar-refractivity contribution in [2.45, 2.75) is 39.5 Å². The molecule has 0 N–H and O–H groups in total. The van der Waals surface area contributed by atoms with Gasteiger partial charge in [-0.2, -0.15) is 11.3 Å². The van der Waals surface area contributed by atoms with Crippen LogP contribution in [-0.2, 0) is 0 Å². The first-order chi connectivity index (χ1) is 9.08. The summed E-state index contributed by atoms with van der Waals surface area (Å²) in [7, 11) is 4.30. The van der Waals surface area contributed by atoms with Crippen LogP contribution in [0.5, 0.6) is 0 Å². The smallest absolute Gasteiger partial charge is 0.175 e. The molecule has 2 aromatic rings. The van der Waals surface area contributed by atoms with E-state index < -0.39 is 0 Å². The molecule has 5 heteroatoms. The van der Waals surface area contributed by atoms with Gasteiger partial charge < -0.3 is 0 Å². The van der Waals surface area contributed by atoms with Gasteiger partial charge in [0.15, 0.2) is 21.5 Å². The molecule has 0 bridgehead atoms. The average Bonchev–Trinajstić information content (AvgIpc) is 2.93. The molecule has 2 rings (SSSR count). The molecule has 100 valence electrons. The molecule has 0 aliphatic carbocycles. The van der Waals surface area contributed by atoms with Crippen LogP contribution in [-0.4, -0.2) is 21.5 Å². The van der Waals surface area contributed by atoms with E-state index >= 15 is 0 Å². The van der Waals surface area contributed by atoms with Gasteiger partial charge >= 0.3 is 0 Å². The number of unbranched alkanes of at least 4 members (excludes halogenated alkanes) is 1. The second-order valence-electron chi connectivity index (χ2n) is 5.18. The molecule has 0 aromatic carbocycles. The monoisotopic (exact) mass is 290 g/mol. The van der Waals surface area contributed by atoms with E-state index in [2.05, 4.69) is 35.6 Å². The third-order valence-corrected chi connectivity index (χ3v) is 6.18. The van der Waals surface area contributed by atoms with Crippen LogP contribution in [0.25, 0.3) is 10.1 Å². The zero-order valence-corrected chi connectivity index (χ0v) is 13.8. The Labute approximate surface area is 125 Å². The van der Waals surface area contributed by atoms with Gasteiger partial charge in [0.1, 0.15) is 0 Å². The minimum absolute atomic E-state index is 0.215. The van der Waals surface area contributed by atoms with Crippen LogP contribution in [0.3, 0.4) is 0 Å². The lowest BCUT2D eigenvalue weighted by Crippen LogP contribution is -2.12. The predicted octanol–water partition coefficient (Wildman–Crippen LogP) is 1.88. The second-order valence-corrected chi connectivity index (χ2v) is 7.66. The van der Waals surface area contributed by atoms with E-state index in [4.69, 9.17) is 0 Å². The molecule has 1 atom stereocenters. The van der Waals surface area contributed by atoms with Crippen LogP contribution in [0.4, 0.5) is 0 Å². The van der Waals surface area contributed by atoms with Crippen molar-refractivity contribution in [1.82, 2.24) is 0 Å². The van der Waals surface area contributed by atoms with Gasteiger partial charge in [0.2, 0.25) is 0 Å². The maximum absolute atomic E-state index is 12.6. The Balaban J connectivity index is 2.27. The normalized spacial score (nSPS) is 12.9. The molecule has 2 aromatic heterocycles. The summed E-state index contributed by atoms with van der Waals surface area (Å²) < 4.78 is 4.00. The molecule has 0 spiro atoms. The van der Waals surface area contributed by atoms with Crippen LogP contribution in [0.15, 0.2) is 6.07 Å². The third kappa shape index (κ3) is 2.97. The number of carbonyl (C=O) groups is 1. The summed E-state index contributed by atoms with van der Waals surface area (Å²) in [5.41, 5.74) is 0. The summed E-state index contributed by atoms with van der Waals surface area (Å²) in [5.74, 6) is 0.577. The lowest BCUT2D eigenvalue weighted by atomic mass is 9.93. The van der Waals surface area contributed by atoms with Crippen LogP contribution in [0.2, 0.25) is 0 Å². The maximum Gasteiger partial charge on any atom is 0.175 e. The van der Waals surface area contributed by atoms with E-state index in [-0.39, 0.29) is 5.92 Å². The van der Waals surface area contributed by atoms with Gasteiger partial charge in [0.25, 0.3) is 0 Å². The topological polar surface area (TPSA) is 17.1 Å². The molecule has 1 unspecified atom stereocenters. The Morgan fingerprint density at radius 3 is 2.58 bits per heavy atom. The lowest BCUT2D eigenvalue weighted by molar-refractivity contribution is 0.0912. The van der Waals surface area contributed by atoms with Crippen molar-refractivity contribution in [2.75, 3.05) is 0 Å². The predicted molar refractivity (Wildman–Crippen MR) is 93.7 cm³/mol. The van der Waals surface area contributed by atoms with Gasteiger partial charge in [-0.05, 0) is 33.8 Å². The molecular weight excluding hydrogens is 270 g/mol. The van der Waals surface area contributed by atoms with Crippen LogP contribution >= 0.6 is 22.7 Å². The quantitative estimate of drug-likeness (QED) is 0.586. The Bertz CT molecular complexity index is 551. The van der Waals surface area contributed by atoms with Crippen molar-refractivity contribution in [2.24, 2.45) is 5.92 Å². The Kier molecular flexibility index (Phi) is 4.91. The first kappa shape index (κ1) is 14.9. The number of hydrogen-bond donors (Lipinski definition) is 0. The molecule has 19 heavy (non-hydrogen) atoms. The minimum atomic E-state index is 0.215. The minimum Gasteiger partial charge on any atom is -0.293 e. The highest BCUT2D eigenvalue weighted by molar-refractivity contribution is 7.34. The van der Waals surface area contributed by atoms with Crippen molar-refractivity contribution in [1.29, 1.82) is 0 Å². The molecule has 0 aliphatic heterocycles. The zero-order chi connectivity index (χ0) is 14.0. The highest BCUT2D eigenvalue weighted by atomic mass is 32.1. The first-order valence-corrected chi connectivity index (χ1v) is 8.75. The first-order valence-electron chi connectivity index (χ1n) is 7.12. The molecule has 2 heterocycles. The van der Waals surface area contributed by atoms with E-state index in [0.29, 0.717) is 5.78 Å². The fourth-order valence-electron chi connectivity index (χ4n) is 2.54. The number of thiophene rings is 2. The Morgan fingerprint density at radius 1 is 1.26 bits per heavy atom. The summed E-state index contributed by atoms with van der Waals surface area (Å²) in [6.45, 7) is 4.31. The molecule has 0 aliphatic rings. The molecule has 0 fully saturated rings. The van der Waals surface area contributed by atoms with Crippen molar-refractivity contribution in [3.8, 4) is 0 Å². The van der Waals surface area contributed by atoms with E-state index in [1.165, 1.54) is 26.1 Å². The molecule has 0 amide bonds. The van der Waals surface area contributed by atoms with Gasteiger partial charge in [0, 0.05) is 10.6 Å². The van der Waals surface area contributed by atoms with Crippen molar-refractivity contribution >= 4 is 63.8 Å². The molecular formula is C14H20B2OS2. The highest BCUT2D eigenvalue weighted by Crippen LogP contribution is 2.29. The standard InChI is InChI=1S/C14H20B2OS2/c1-3-5-6-8(4-2)11(17)10-7-9-12(18-10)14(16)19-13(9)15/h7-8H,3-6,15-16H2,1-2H3. The van der Waals surface area contributed by atoms with Crippen LogP contribution in [0, 0.1) is 5.92 Å². The number of ketones is 1. The SMILES string of the molecule is Bc1sc(B)c2sc(C(=O)C(CC)CCCC)cc12. The number of Topliss-reactive ketones (excluding diaryl/α,β-unsaturated/α-hetero) is 1. The zero-order valence-electron chi connectivity index (χ0n) is 12.2. The lowest BCUT2D eigenvalue weighted by Gasteiger charge is -2.11. The third-order valence-electron chi connectivity index (χ3n) is 3.75. The van der Waals surface area contributed by atoms with Gasteiger partial charge in [-0.25, -0.2) is 0 Å². The van der Waals surface area contributed by atoms with E-state index in [0.717, 1.165) is 24.1 Å². The van der Waals surface area contributed by atoms with Gasteiger partial charge in [-0.1, -0.05) is 26.7 Å². The highest BCUT2D eigenvalue weighted by Gasteiger charge is 2.21. The summed E-state index contributed by atoms with van der Waals surface area (Å²) in [6, 6.07) is 2.12. The summed E-state index contributed by atoms with van der Waals surface area (Å²) in [6.07, 6.45) is 4.32. The van der Waals surface area contributed by atoms with E-state index in [9.17, 15) is 4.79 Å². The number of rotatable bonds is 6. The number of carbonyl (C=O) groups excluding carboxylic acids is 1. The van der Waals surface area contributed by atoms with Crippen molar-refractivity contribution in [3.63, 3.8) is 0 Å². The largest absolute Gasteiger partial charge is 0.293 e. The second kappa shape index (κ2) is 6.27. The maximum atomic E-state index is 12.6. The average molecular weight is 290 g/mol. The molecule has 0 saturated heterocycles. The van der Waals surface area contributed by atoms with Crippen molar-refractivity contribution < 1.29 is 4.79 Å². The number of hydrogen-bond acceptors (Lipinski definition) is 3. The molecule has 1 nitrogen and oxygen atoms in total. The number of fused-ring (bicyclic) bond motifs is 1. The van der Waals surface area contributed by atoms with E-state index in [1.54, 1.807) is 11.3 Å².